The molecule has 0 unspecified atom stereocenters. The number of aromatic nitrogens is 3. The van der Waals surface area contributed by atoms with Crippen molar-refractivity contribution in [2.45, 2.75) is 12.8 Å². The Kier molecular flexibility index (Phi) is 3.19. The molecular weight excluding hydrogens is 242 g/mol. The highest BCUT2D eigenvalue weighted by Gasteiger charge is 2.03. The van der Waals surface area contributed by atoms with Gasteiger partial charge in [0.1, 0.15) is 0 Å². The molecule has 0 fully saturated rings. The van der Waals surface area contributed by atoms with Gasteiger partial charge in [-0.1, -0.05) is 23.4 Å². The zero-order chi connectivity index (χ0) is 12.2. The first-order chi connectivity index (χ1) is 8.92. The molecule has 0 aliphatic carbocycles. The van der Waals surface area contributed by atoms with E-state index < -0.39 is 0 Å². The molecule has 0 radical (unpaired) electrons. The molecule has 3 nitrogen and oxygen atoms in total. The van der Waals surface area contributed by atoms with Gasteiger partial charge in [-0.2, -0.15) is 11.3 Å². The molecule has 3 aromatic rings. The van der Waals surface area contributed by atoms with E-state index in [0.29, 0.717) is 0 Å². The van der Waals surface area contributed by atoms with Gasteiger partial charge in [-0.15, -0.1) is 5.10 Å². The van der Waals surface area contributed by atoms with Crippen molar-refractivity contribution in [2.75, 3.05) is 0 Å². The highest BCUT2D eigenvalue weighted by molar-refractivity contribution is 7.07. The fourth-order valence-corrected chi connectivity index (χ4v) is 2.53. The van der Waals surface area contributed by atoms with Gasteiger partial charge in [0.05, 0.1) is 17.6 Å². The van der Waals surface area contributed by atoms with Gasteiger partial charge in [0, 0.05) is 0 Å². The number of rotatable bonds is 4. The summed E-state index contributed by atoms with van der Waals surface area (Å²) in [7, 11) is 0. The molecule has 1 aromatic carbocycles. The van der Waals surface area contributed by atoms with Crippen LogP contribution in [-0.2, 0) is 12.8 Å². The number of benzene rings is 1. The predicted molar refractivity (Wildman–Crippen MR) is 73.1 cm³/mol. The van der Waals surface area contributed by atoms with Crippen LogP contribution in [0.3, 0.4) is 0 Å². The van der Waals surface area contributed by atoms with Crippen molar-refractivity contribution in [3.05, 3.63) is 64.6 Å². The van der Waals surface area contributed by atoms with Crippen LogP contribution in [-0.4, -0.2) is 15.0 Å². The second-order valence-electron chi connectivity index (χ2n) is 4.12. The summed E-state index contributed by atoms with van der Waals surface area (Å²) in [5.74, 6) is 0. The standard InChI is InChI=1S/C14H13N3S/c1-2-4-14(5-3-1)17-10-13(15-16-17)7-6-12-8-9-18-11-12/h1-5,8-11H,6-7H2. The van der Waals surface area contributed by atoms with E-state index in [1.54, 1.807) is 11.3 Å². The lowest BCUT2D eigenvalue weighted by molar-refractivity contribution is 0.794. The molecule has 0 aliphatic rings. The first-order valence-corrected chi connectivity index (χ1v) is 6.84. The van der Waals surface area contributed by atoms with Gasteiger partial charge >= 0.3 is 0 Å². The fraction of sp³-hybridized carbons (Fsp3) is 0.143. The average molecular weight is 255 g/mol. The van der Waals surface area contributed by atoms with Gasteiger partial charge in [0.2, 0.25) is 0 Å². The molecule has 0 saturated heterocycles. The first kappa shape index (κ1) is 11.2. The van der Waals surface area contributed by atoms with E-state index in [4.69, 9.17) is 0 Å². The summed E-state index contributed by atoms with van der Waals surface area (Å²) >= 11 is 1.74. The van der Waals surface area contributed by atoms with Gasteiger partial charge < -0.3 is 0 Å². The third-order valence-corrected chi connectivity index (χ3v) is 3.54. The molecule has 4 heteroatoms. The monoisotopic (exact) mass is 255 g/mol. The van der Waals surface area contributed by atoms with Crippen LogP contribution in [0.25, 0.3) is 5.69 Å². The summed E-state index contributed by atoms with van der Waals surface area (Å²) in [4.78, 5) is 0. The Morgan fingerprint density at radius 1 is 1.06 bits per heavy atom. The molecule has 0 atom stereocenters. The maximum absolute atomic E-state index is 4.21. The quantitative estimate of drug-likeness (QED) is 0.717. The van der Waals surface area contributed by atoms with E-state index in [9.17, 15) is 0 Å². The number of aryl methyl sites for hydroxylation is 2. The Morgan fingerprint density at radius 3 is 2.72 bits per heavy atom. The minimum Gasteiger partial charge on any atom is -0.220 e. The highest BCUT2D eigenvalue weighted by atomic mass is 32.1. The minimum atomic E-state index is 0.934. The molecule has 0 bridgehead atoms. The van der Waals surface area contributed by atoms with Crippen LogP contribution in [0.1, 0.15) is 11.3 Å². The van der Waals surface area contributed by atoms with Gasteiger partial charge in [-0.25, -0.2) is 4.68 Å². The van der Waals surface area contributed by atoms with Crippen LogP contribution < -0.4 is 0 Å². The predicted octanol–water partition coefficient (Wildman–Crippen LogP) is 3.11. The van der Waals surface area contributed by atoms with Gasteiger partial charge in [0.25, 0.3) is 0 Å². The molecular formula is C14H13N3S. The minimum absolute atomic E-state index is 0.934. The Labute approximate surface area is 110 Å². The maximum atomic E-state index is 4.21. The largest absolute Gasteiger partial charge is 0.220 e. The lowest BCUT2D eigenvalue weighted by atomic mass is 10.1. The summed E-state index contributed by atoms with van der Waals surface area (Å²) < 4.78 is 1.82. The number of hydrogen-bond donors (Lipinski definition) is 0. The molecule has 0 spiro atoms. The summed E-state index contributed by atoms with van der Waals surface area (Å²) in [5.41, 5.74) is 3.45. The van der Waals surface area contributed by atoms with Crippen molar-refractivity contribution in [2.24, 2.45) is 0 Å². The van der Waals surface area contributed by atoms with Crippen molar-refractivity contribution < 1.29 is 0 Å². The molecule has 0 saturated carbocycles. The van der Waals surface area contributed by atoms with Crippen LogP contribution in [0.5, 0.6) is 0 Å². The topological polar surface area (TPSA) is 30.7 Å². The highest BCUT2D eigenvalue weighted by Crippen LogP contribution is 2.10. The van der Waals surface area contributed by atoms with Crippen molar-refractivity contribution in [1.82, 2.24) is 15.0 Å². The van der Waals surface area contributed by atoms with E-state index >= 15 is 0 Å². The average Bonchev–Trinajstić information content (AvgIpc) is 3.09. The molecule has 0 amide bonds. The Hall–Kier alpha value is -1.94. The van der Waals surface area contributed by atoms with Crippen LogP contribution in [0, 0.1) is 0 Å². The van der Waals surface area contributed by atoms with E-state index in [0.717, 1.165) is 24.2 Å². The SMILES string of the molecule is c1ccc(-n2cc(CCc3ccsc3)nn2)cc1. The maximum Gasteiger partial charge on any atom is 0.0835 e. The lowest BCUT2D eigenvalue weighted by Gasteiger charge is -1.97. The Balaban J connectivity index is 1.70. The number of hydrogen-bond acceptors (Lipinski definition) is 3. The smallest absolute Gasteiger partial charge is 0.0835 e. The van der Waals surface area contributed by atoms with Crippen molar-refractivity contribution in [3.8, 4) is 5.69 Å². The van der Waals surface area contributed by atoms with Crippen molar-refractivity contribution >= 4 is 11.3 Å². The van der Waals surface area contributed by atoms with Crippen LogP contribution in [0.15, 0.2) is 53.4 Å². The zero-order valence-electron chi connectivity index (χ0n) is 9.86. The lowest BCUT2D eigenvalue weighted by Crippen LogP contribution is -1.93. The Morgan fingerprint density at radius 2 is 1.94 bits per heavy atom. The number of nitrogens with zero attached hydrogens (tertiary/aromatic N) is 3. The molecule has 0 aliphatic heterocycles. The van der Waals surface area contributed by atoms with E-state index in [2.05, 4.69) is 27.1 Å². The normalized spacial score (nSPS) is 10.7. The molecule has 18 heavy (non-hydrogen) atoms. The number of para-hydroxylation sites is 1. The van der Waals surface area contributed by atoms with E-state index in [1.165, 1.54) is 5.56 Å². The van der Waals surface area contributed by atoms with Crippen LogP contribution in [0.4, 0.5) is 0 Å². The van der Waals surface area contributed by atoms with Crippen LogP contribution in [0.2, 0.25) is 0 Å². The summed E-state index contributed by atoms with van der Waals surface area (Å²) in [5, 5.41) is 12.7. The van der Waals surface area contributed by atoms with E-state index in [1.807, 2.05) is 41.2 Å². The molecule has 2 aromatic heterocycles. The van der Waals surface area contributed by atoms with Gasteiger partial charge in [-0.05, 0) is 47.4 Å². The fourth-order valence-electron chi connectivity index (χ4n) is 1.83. The summed E-state index contributed by atoms with van der Waals surface area (Å²) in [6, 6.07) is 12.2. The number of thiophene rings is 1. The van der Waals surface area contributed by atoms with Gasteiger partial charge in [-0.3, -0.25) is 0 Å². The third kappa shape index (κ3) is 2.49. The summed E-state index contributed by atoms with van der Waals surface area (Å²) in [6.45, 7) is 0. The van der Waals surface area contributed by atoms with Crippen molar-refractivity contribution in [3.63, 3.8) is 0 Å². The summed E-state index contributed by atoms with van der Waals surface area (Å²) in [6.07, 6.45) is 3.96. The molecule has 3 rings (SSSR count). The second-order valence-corrected chi connectivity index (χ2v) is 4.90. The van der Waals surface area contributed by atoms with Crippen LogP contribution >= 0.6 is 11.3 Å². The van der Waals surface area contributed by atoms with E-state index in [-0.39, 0.29) is 0 Å². The molecule has 0 N–H and O–H groups in total. The molecule has 90 valence electrons. The molecule has 2 heterocycles. The third-order valence-electron chi connectivity index (χ3n) is 2.81. The zero-order valence-corrected chi connectivity index (χ0v) is 10.7. The van der Waals surface area contributed by atoms with Crippen molar-refractivity contribution in [1.29, 1.82) is 0 Å². The second kappa shape index (κ2) is 5.14. The Bertz CT molecular complexity index is 599. The first-order valence-electron chi connectivity index (χ1n) is 5.89. The van der Waals surface area contributed by atoms with Gasteiger partial charge in [0.15, 0.2) is 0 Å².